The number of aliphatic carboxylic acids is 1. The van der Waals surface area contributed by atoms with Crippen LogP contribution in [0.2, 0.25) is 0 Å². The highest BCUT2D eigenvalue weighted by Crippen LogP contribution is 2.36. The molecular weight excluding hydrogens is 302 g/mol. The summed E-state index contributed by atoms with van der Waals surface area (Å²) in [5.74, 6) is -1.22. The molecule has 0 radical (unpaired) electrons. The van der Waals surface area contributed by atoms with Gasteiger partial charge in [-0.3, -0.25) is 9.59 Å². The van der Waals surface area contributed by atoms with E-state index in [1.165, 1.54) is 0 Å². The molecule has 1 aliphatic carbocycles. The topological polar surface area (TPSA) is 70.8 Å². The first kappa shape index (κ1) is 14.8. The minimum atomic E-state index is -0.876. The van der Waals surface area contributed by atoms with Gasteiger partial charge in [0.05, 0.1) is 31.2 Å². The standard InChI is InChI=1S/C16H17NO4S/c18-15(13-5-6-14(13)16(19)20)17(9-11-3-1-7-21-11)10-12-4-2-8-22-12/h1-4,7-8,13-14H,5-6,9-10H2,(H,19,20). The van der Waals surface area contributed by atoms with Crippen molar-refractivity contribution in [2.45, 2.75) is 25.9 Å². The molecule has 1 amide bonds. The van der Waals surface area contributed by atoms with Crippen LogP contribution >= 0.6 is 11.3 Å². The Morgan fingerprint density at radius 1 is 1.23 bits per heavy atom. The fourth-order valence-electron chi connectivity index (χ4n) is 2.72. The number of nitrogens with zero attached hydrogens (tertiary/aromatic N) is 1. The molecule has 2 heterocycles. The van der Waals surface area contributed by atoms with Crippen LogP contribution in [0.4, 0.5) is 0 Å². The zero-order chi connectivity index (χ0) is 15.5. The van der Waals surface area contributed by atoms with Crippen LogP contribution in [0.15, 0.2) is 40.3 Å². The van der Waals surface area contributed by atoms with Crippen LogP contribution in [-0.2, 0) is 22.7 Å². The largest absolute Gasteiger partial charge is 0.481 e. The third kappa shape index (κ3) is 3.06. The average molecular weight is 319 g/mol. The summed E-state index contributed by atoms with van der Waals surface area (Å²) in [6.45, 7) is 0.854. The number of carbonyl (C=O) groups is 2. The molecule has 2 aromatic rings. The summed E-state index contributed by atoms with van der Waals surface area (Å²) in [4.78, 5) is 26.7. The fraction of sp³-hybridized carbons (Fsp3) is 0.375. The number of amides is 1. The number of thiophene rings is 1. The van der Waals surface area contributed by atoms with E-state index in [-0.39, 0.29) is 5.91 Å². The van der Waals surface area contributed by atoms with Gasteiger partial charge in [0, 0.05) is 4.88 Å². The van der Waals surface area contributed by atoms with Gasteiger partial charge in [-0.1, -0.05) is 6.07 Å². The van der Waals surface area contributed by atoms with Gasteiger partial charge in [0.1, 0.15) is 5.76 Å². The lowest BCUT2D eigenvalue weighted by Gasteiger charge is -2.36. The maximum atomic E-state index is 12.7. The molecule has 2 aromatic heterocycles. The Labute approximate surface area is 132 Å². The Balaban J connectivity index is 1.75. The van der Waals surface area contributed by atoms with Gasteiger partial charge in [0.15, 0.2) is 0 Å². The highest BCUT2D eigenvalue weighted by Gasteiger charge is 2.43. The van der Waals surface area contributed by atoms with Gasteiger partial charge in [0.25, 0.3) is 0 Å². The lowest BCUT2D eigenvalue weighted by molar-refractivity contribution is -0.157. The number of hydrogen-bond donors (Lipinski definition) is 1. The average Bonchev–Trinajstić information content (AvgIpc) is 3.09. The lowest BCUT2D eigenvalue weighted by atomic mass is 9.73. The van der Waals surface area contributed by atoms with E-state index in [4.69, 9.17) is 9.52 Å². The Hall–Kier alpha value is -2.08. The number of carboxylic acids is 1. The molecule has 5 nitrogen and oxygen atoms in total. The SMILES string of the molecule is O=C(O)C1CCC1C(=O)N(Cc1ccco1)Cc1cccs1. The zero-order valence-electron chi connectivity index (χ0n) is 12.0. The number of carbonyl (C=O) groups excluding carboxylic acids is 1. The second-order valence-electron chi connectivity index (χ2n) is 5.48. The van der Waals surface area contributed by atoms with E-state index < -0.39 is 17.8 Å². The molecule has 116 valence electrons. The molecule has 0 aromatic carbocycles. The van der Waals surface area contributed by atoms with Crippen molar-refractivity contribution >= 4 is 23.2 Å². The summed E-state index contributed by atoms with van der Waals surface area (Å²) < 4.78 is 5.33. The van der Waals surface area contributed by atoms with Crippen LogP contribution in [-0.4, -0.2) is 21.9 Å². The molecule has 1 aliphatic rings. The number of rotatable bonds is 6. The maximum Gasteiger partial charge on any atom is 0.307 e. The smallest absolute Gasteiger partial charge is 0.307 e. The molecule has 0 saturated heterocycles. The first-order valence-corrected chi connectivity index (χ1v) is 8.09. The van der Waals surface area contributed by atoms with Crippen molar-refractivity contribution in [3.8, 4) is 0 Å². The normalized spacial score (nSPS) is 20.4. The highest BCUT2D eigenvalue weighted by atomic mass is 32.1. The molecule has 3 rings (SSSR count). The van der Waals surface area contributed by atoms with Crippen molar-refractivity contribution in [3.63, 3.8) is 0 Å². The van der Waals surface area contributed by atoms with Gasteiger partial charge in [-0.15, -0.1) is 11.3 Å². The second-order valence-corrected chi connectivity index (χ2v) is 6.51. The van der Waals surface area contributed by atoms with Crippen LogP contribution < -0.4 is 0 Å². The van der Waals surface area contributed by atoms with E-state index in [1.54, 1.807) is 28.6 Å². The molecule has 2 unspecified atom stereocenters. The molecule has 6 heteroatoms. The van der Waals surface area contributed by atoms with Gasteiger partial charge in [-0.05, 0) is 36.4 Å². The monoisotopic (exact) mass is 319 g/mol. The molecule has 1 N–H and O–H groups in total. The predicted octanol–water partition coefficient (Wildman–Crippen LogP) is 2.98. The third-order valence-corrected chi connectivity index (χ3v) is 4.94. The van der Waals surface area contributed by atoms with Crippen molar-refractivity contribution in [2.24, 2.45) is 11.8 Å². The molecule has 0 bridgehead atoms. The first-order chi connectivity index (χ1) is 10.6. The van der Waals surface area contributed by atoms with Crippen LogP contribution in [0.3, 0.4) is 0 Å². The third-order valence-electron chi connectivity index (χ3n) is 4.07. The van der Waals surface area contributed by atoms with Crippen molar-refractivity contribution in [1.82, 2.24) is 4.90 Å². The van der Waals surface area contributed by atoms with Gasteiger partial charge in [-0.2, -0.15) is 0 Å². The minimum Gasteiger partial charge on any atom is -0.481 e. The van der Waals surface area contributed by atoms with Gasteiger partial charge < -0.3 is 14.4 Å². The number of hydrogen-bond acceptors (Lipinski definition) is 4. The van der Waals surface area contributed by atoms with E-state index in [9.17, 15) is 9.59 Å². The number of furan rings is 1. The fourth-order valence-corrected chi connectivity index (χ4v) is 3.44. The van der Waals surface area contributed by atoms with Crippen molar-refractivity contribution in [2.75, 3.05) is 0 Å². The van der Waals surface area contributed by atoms with E-state index in [2.05, 4.69) is 0 Å². The van der Waals surface area contributed by atoms with E-state index in [0.29, 0.717) is 31.7 Å². The predicted molar refractivity (Wildman–Crippen MR) is 81.1 cm³/mol. The Kier molecular flexibility index (Phi) is 4.29. The molecule has 0 spiro atoms. The van der Waals surface area contributed by atoms with Crippen LogP contribution in [0.25, 0.3) is 0 Å². The van der Waals surface area contributed by atoms with Crippen LogP contribution in [0.5, 0.6) is 0 Å². The molecular formula is C16H17NO4S. The van der Waals surface area contributed by atoms with Crippen molar-refractivity contribution < 1.29 is 19.1 Å². The lowest BCUT2D eigenvalue weighted by Crippen LogP contribution is -2.45. The van der Waals surface area contributed by atoms with Crippen molar-refractivity contribution in [1.29, 1.82) is 0 Å². The summed E-state index contributed by atoms with van der Waals surface area (Å²) in [6, 6.07) is 7.53. The van der Waals surface area contributed by atoms with Gasteiger partial charge in [-0.25, -0.2) is 0 Å². The van der Waals surface area contributed by atoms with Gasteiger partial charge >= 0.3 is 5.97 Å². The molecule has 1 fully saturated rings. The van der Waals surface area contributed by atoms with E-state index in [0.717, 1.165) is 4.88 Å². The highest BCUT2D eigenvalue weighted by molar-refractivity contribution is 7.09. The minimum absolute atomic E-state index is 0.0940. The van der Waals surface area contributed by atoms with Crippen molar-refractivity contribution in [3.05, 3.63) is 46.5 Å². The summed E-state index contributed by atoms with van der Waals surface area (Å²) in [5, 5.41) is 11.1. The second kappa shape index (κ2) is 6.36. The van der Waals surface area contributed by atoms with E-state index >= 15 is 0 Å². The van der Waals surface area contributed by atoms with Crippen LogP contribution in [0.1, 0.15) is 23.5 Å². The van der Waals surface area contributed by atoms with E-state index in [1.807, 2.05) is 23.6 Å². The molecule has 22 heavy (non-hydrogen) atoms. The zero-order valence-corrected chi connectivity index (χ0v) is 12.8. The van der Waals surface area contributed by atoms with Crippen LogP contribution in [0, 0.1) is 11.8 Å². The van der Waals surface area contributed by atoms with Gasteiger partial charge in [0.2, 0.25) is 5.91 Å². The first-order valence-electron chi connectivity index (χ1n) is 7.21. The molecule has 0 aliphatic heterocycles. The number of carboxylic acid groups (broad SMARTS) is 1. The Morgan fingerprint density at radius 3 is 2.59 bits per heavy atom. The maximum absolute atomic E-state index is 12.7. The molecule has 1 saturated carbocycles. The Bertz CT molecular complexity index is 599. The summed E-state index contributed by atoms with van der Waals surface area (Å²) >= 11 is 1.58. The molecule has 2 atom stereocenters. The summed E-state index contributed by atoms with van der Waals surface area (Å²) in [6.07, 6.45) is 2.81. The summed E-state index contributed by atoms with van der Waals surface area (Å²) in [5.41, 5.74) is 0. The Morgan fingerprint density at radius 2 is 2.05 bits per heavy atom. The summed E-state index contributed by atoms with van der Waals surface area (Å²) in [7, 11) is 0. The quantitative estimate of drug-likeness (QED) is 0.888.